The number of ether oxygens (including phenoxy) is 1. The van der Waals surface area contributed by atoms with Crippen LogP contribution in [-0.2, 0) is 18.4 Å². The molecule has 0 radical (unpaired) electrons. The minimum absolute atomic E-state index is 0.249. The highest BCUT2D eigenvalue weighted by molar-refractivity contribution is 6.03. The van der Waals surface area contributed by atoms with Crippen molar-refractivity contribution in [2.24, 2.45) is 7.05 Å². The van der Waals surface area contributed by atoms with Crippen LogP contribution in [0, 0.1) is 13.8 Å². The second-order valence-corrected chi connectivity index (χ2v) is 5.88. The van der Waals surface area contributed by atoms with Crippen molar-refractivity contribution >= 4 is 11.6 Å². The lowest BCUT2D eigenvalue weighted by Gasteiger charge is -2.09. The Morgan fingerprint density at radius 3 is 2.76 bits per heavy atom. The number of aromatic amines is 1. The molecule has 7 heteroatoms. The summed E-state index contributed by atoms with van der Waals surface area (Å²) in [6.07, 6.45) is 0. The van der Waals surface area contributed by atoms with E-state index in [1.807, 2.05) is 45.2 Å². The number of hydrogen-bond acceptors (Lipinski definition) is 4. The third kappa shape index (κ3) is 3.32. The van der Waals surface area contributed by atoms with Gasteiger partial charge in [-0.1, -0.05) is 18.2 Å². The molecule has 130 valence electrons. The predicted molar refractivity (Wildman–Crippen MR) is 95.4 cm³/mol. The van der Waals surface area contributed by atoms with E-state index >= 15 is 0 Å². The fourth-order valence-electron chi connectivity index (χ4n) is 2.82. The summed E-state index contributed by atoms with van der Waals surface area (Å²) in [5, 5.41) is 14.4. The Labute approximate surface area is 146 Å². The van der Waals surface area contributed by atoms with E-state index in [1.54, 1.807) is 17.9 Å². The van der Waals surface area contributed by atoms with E-state index in [4.69, 9.17) is 4.74 Å². The standard InChI is InChI=1S/C18H21N5O2/c1-11-17(12(2)23(3)22-11)15-9-16(21-20-15)18(24)19-14-8-6-5-7-13(14)10-25-4/h5-9H,10H2,1-4H3,(H,19,24)(H,20,21). The first-order valence-corrected chi connectivity index (χ1v) is 7.95. The maximum absolute atomic E-state index is 12.5. The largest absolute Gasteiger partial charge is 0.380 e. The molecule has 25 heavy (non-hydrogen) atoms. The van der Waals surface area contributed by atoms with Gasteiger partial charge in [0.2, 0.25) is 0 Å². The molecule has 0 atom stereocenters. The smallest absolute Gasteiger partial charge is 0.273 e. The van der Waals surface area contributed by atoms with Crippen molar-refractivity contribution in [3.63, 3.8) is 0 Å². The first-order chi connectivity index (χ1) is 12.0. The van der Waals surface area contributed by atoms with Gasteiger partial charge < -0.3 is 10.1 Å². The number of benzene rings is 1. The Hall–Kier alpha value is -2.93. The van der Waals surface area contributed by atoms with Gasteiger partial charge in [0.05, 0.1) is 18.0 Å². The number of para-hydroxylation sites is 1. The molecule has 2 heterocycles. The molecular formula is C18H21N5O2. The molecule has 2 aromatic heterocycles. The Kier molecular flexibility index (Phi) is 4.67. The lowest BCUT2D eigenvalue weighted by Crippen LogP contribution is -2.14. The summed E-state index contributed by atoms with van der Waals surface area (Å²) < 4.78 is 6.97. The first kappa shape index (κ1) is 16.9. The summed E-state index contributed by atoms with van der Waals surface area (Å²) in [7, 11) is 3.51. The minimum atomic E-state index is -0.249. The number of carbonyl (C=O) groups excluding carboxylic acids is 1. The number of nitrogens with one attached hydrogen (secondary N) is 2. The van der Waals surface area contributed by atoms with E-state index in [1.165, 1.54) is 0 Å². The van der Waals surface area contributed by atoms with Crippen molar-refractivity contribution < 1.29 is 9.53 Å². The molecular weight excluding hydrogens is 318 g/mol. The molecule has 1 aromatic carbocycles. The lowest BCUT2D eigenvalue weighted by molar-refractivity contribution is 0.102. The summed E-state index contributed by atoms with van der Waals surface area (Å²) in [5.41, 5.74) is 5.56. The van der Waals surface area contributed by atoms with Crippen molar-refractivity contribution in [3.8, 4) is 11.3 Å². The van der Waals surface area contributed by atoms with Crippen molar-refractivity contribution in [2.75, 3.05) is 12.4 Å². The number of rotatable bonds is 5. The van der Waals surface area contributed by atoms with Crippen LogP contribution in [0.3, 0.4) is 0 Å². The second-order valence-electron chi connectivity index (χ2n) is 5.88. The van der Waals surface area contributed by atoms with E-state index < -0.39 is 0 Å². The van der Waals surface area contributed by atoms with Crippen LogP contribution in [0.15, 0.2) is 30.3 Å². The molecule has 3 rings (SSSR count). The van der Waals surface area contributed by atoms with Crippen LogP contribution < -0.4 is 5.32 Å². The predicted octanol–water partition coefficient (Wildman–Crippen LogP) is 2.83. The molecule has 7 nitrogen and oxygen atoms in total. The third-order valence-electron chi connectivity index (χ3n) is 4.15. The van der Waals surface area contributed by atoms with E-state index in [-0.39, 0.29) is 5.91 Å². The van der Waals surface area contributed by atoms with E-state index in [0.717, 1.165) is 28.2 Å². The van der Waals surface area contributed by atoms with Crippen molar-refractivity contribution in [2.45, 2.75) is 20.5 Å². The lowest BCUT2D eigenvalue weighted by atomic mass is 10.1. The zero-order chi connectivity index (χ0) is 18.0. The molecule has 0 aliphatic rings. The van der Waals surface area contributed by atoms with E-state index in [9.17, 15) is 4.79 Å². The molecule has 0 bridgehead atoms. The van der Waals surface area contributed by atoms with Gasteiger partial charge in [-0.25, -0.2) is 0 Å². The number of carbonyl (C=O) groups is 1. The molecule has 0 fully saturated rings. The molecule has 0 spiro atoms. The highest BCUT2D eigenvalue weighted by Crippen LogP contribution is 2.25. The van der Waals surface area contributed by atoms with Gasteiger partial charge in [0.1, 0.15) is 5.69 Å². The van der Waals surface area contributed by atoms with Crippen LogP contribution in [0.25, 0.3) is 11.3 Å². The molecule has 2 N–H and O–H groups in total. The van der Waals surface area contributed by atoms with Crippen LogP contribution in [0.4, 0.5) is 5.69 Å². The number of nitrogens with zero attached hydrogens (tertiary/aromatic N) is 3. The average Bonchev–Trinajstić information content (AvgIpc) is 3.15. The Balaban J connectivity index is 1.84. The van der Waals surface area contributed by atoms with Gasteiger partial charge in [0.15, 0.2) is 0 Å². The van der Waals surface area contributed by atoms with Crippen LogP contribution in [0.1, 0.15) is 27.4 Å². The Morgan fingerprint density at radius 1 is 1.32 bits per heavy atom. The summed E-state index contributed by atoms with van der Waals surface area (Å²) in [5.74, 6) is -0.249. The number of methoxy groups -OCH3 is 1. The van der Waals surface area contributed by atoms with E-state index in [2.05, 4.69) is 20.6 Å². The van der Waals surface area contributed by atoms with Crippen molar-refractivity contribution in [3.05, 3.63) is 53.0 Å². The van der Waals surface area contributed by atoms with Crippen LogP contribution >= 0.6 is 0 Å². The average molecular weight is 339 g/mol. The summed E-state index contributed by atoms with van der Waals surface area (Å²) in [6.45, 7) is 4.33. The summed E-state index contributed by atoms with van der Waals surface area (Å²) in [6, 6.07) is 9.28. The number of aryl methyl sites for hydroxylation is 2. The SMILES string of the molecule is COCc1ccccc1NC(=O)c1cc(-c2c(C)nn(C)c2C)n[nH]1. The van der Waals surface area contributed by atoms with Gasteiger partial charge in [-0.2, -0.15) is 10.2 Å². The quantitative estimate of drug-likeness (QED) is 0.748. The molecule has 0 unspecified atom stereocenters. The highest BCUT2D eigenvalue weighted by Gasteiger charge is 2.17. The first-order valence-electron chi connectivity index (χ1n) is 7.95. The molecule has 0 saturated heterocycles. The summed E-state index contributed by atoms with van der Waals surface area (Å²) >= 11 is 0. The molecule has 0 aliphatic heterocycles. The topological polar surface area (TPSA) is 84.8 Å². The van der Waals surface area contributed by atoms with Gasteiger partial charge in [0.25, 0.3) is 5.91 Å². The Morgan fingerprint density at radius 2 is 2.08 bits per heavy atom. The van der Waals surface area contributed by atoms with Crippen molar-refractivity contribution in [1.29, 1.82) is 0 Å². The molecule has 0 aliphatic carbocycles. The second kappa shape index (κ2) is 6.90. The fraction of sp³-hybridized carbons (Fsp3) is 0.278. The number of anilines is 1. The third-order valence-corrected chi connectivity index (χ3v) is 4.15. The van der Waals surface area contributed by atoms with Crippen LogP contribution in [0.2, 0.25) is 0 Å². The Bertz CT molecular complexity index is 910. The zero-order valence-electron chi connectivity index (χ0n) is 14.8. The zero-order valence-corrected chi connectivity index (χ0v) is 14.8. The highest BCUT2D eigenvalue weighted by atomic mass is 16.5. The molecule has 0 saturated carbocycles. The van der Waals surface area contributed by atoms with Gasteiger partial charge >= 0.3 is 0 Å². The van der Waals surface area contributed by atoms with Crippen LogP contribution in [-0.4, -0.2) is 33.0 Å². The van der Waals surface area contributed by atoms with E-state index in [0.29, 0.717) is 18.0 Å². The number of H-pyrrole nitrogens is 1. The van der Waals surface area contributed by atoms with Crippen LogP contribution in [0.5, 0.6) is 0 Å². The minimum Gasteiger partial charge on any atom is -0.380 e. The monoisotopic (exact) mass is 339 g/mol. The number of amides is 1. The van der Waals surface area contributed by atoms with Crippen molar-refractivity contribution in [1.82, 2.24) is 20.0 Å². The molecule has 1 amide bonds. The maximum atomic E-state index is 12.5. The van der Waals surface area contributed by atoms with Gasteiger partial charge in [-0.15, -0.1) is 0 Å². The summed E-state index contributed by atoms with van der Waals surface area (Å²) in [4.78, 5) is 12.5. The number of hydrogen-bond donors (Lipinski definition) is 2. The van der Waals surface area contributed by atoms with Gasteiger partial charge in [0, 0.05) is 36.7 Å². The maximum Gasteiger partial charge on any atom is 0.273 e. The van der Waals surface area contributed by atoms with Gasteiger partial charge in [-0.05, 0) is 26.0 Å². The van der Waals surface area contributed by atoms with Gasteiger partial charge in [-0.3, -0.25) is 14.6 Å². The normalized spacial score (nSPS) is 10.9. The number of aromatic nitrogens is 4. The molecule has 3 aromatic rings. The fourth-order valence-corrected chi connectivity index (χ4v) is 2.82.